The van der Waals surface area contributed by atoms with Gasteiger partial charge in [0.25, 0.3) is 0 Å². The number of carbonyl (C=O) groups is 2. The lowest BCUT2D eigenvalue weighted by molar-refractivity contribution is -0.355. The summed E-state index contributed by atoms with van der Waals surface area (Å²) in [7, 11) is -6.76. The van der Waals surface area contributed by atoms with Crippen molar-refractivity contribution in [3.8, 4) is 0 Å². The molecule has 8 nitrogen and oxygen atoms in total. The molecule has 0 saturated heterocycles. The van der Waals surface area contributed by atoms with Gasteiger partial charge >= 0.3 is 35.1 Å². The summed E-state index contributed by atoms with van der Waals surface area (Å²) in [6.07, 6.45) is -9.96. The number of hydrogen-bond acceptors (Lipinski definition) is 8. The van der Waals surface area contributed by atoms with E-state index in [1.54, 1.807) is 0 Å². The van der Waals surface area contributed by atoms with Gasteiger partial charge in [0, 0.05) is 6.42 Å². The first-order chi connectivity index (χ1) is 13.8. The van der Waals surface area contributed by atoms with Gasteiger partial charge in [-0.1, -0.05) is 6.58 Å². The van der Waals surface area contributed by atoms with Crippen LogP contribution in [0.15, 0.2) is 12.4 Å². The zero-order valence-corrected chi connectivity index (χ0v) is 16.3. The van der Waals surface area contributed by atoms with Crippen LogP contribution in [0.2, 0.25) is 0 Å². The Labute approximate surface area is 169 Å². The average Bonchev–Trinajstić information content (AvgIpc) is 2.57. The molecule has 0 aromatic rings. The Bertz CT molecular complexity index is 780. The van der Waals surface area contributed by atoms with E-state index in [1.807, 2.05) is 0 Å². The van der Waals surface area contributed by atoms with Gasteiger partial charge in [0.15, 0.2) is 10.1 Å². The molecule has 0 amide bonds. The van der Waals surface area contributed by atoms with Gasteiger partial charge in [-0.2, -0.15) is 35.1 Å². The molecular formula is C14H15F8O8S-. The number of rotatable bonds is 12. The minimum absolute atomic E-state index is 0.695. The van der Waals surface area contributed by atoms with Crippen LogP contribution in [0.1, 0.15) is 26.2 Å². The maximum absolute atomic E-state index is 13.4. The van der Waals surface area contributed by atoms with Crippen LogP contribution < -0.4 is 0 Å². The quantitative estimate of drug-likeness (QED) is 0.101. The van der Waals surface area contributed by atoms with E-state index in [1.165, 1.54) is 0 Å². The van der Waals surface area contributed by atoms with E-state index >= 15 is 0 Å². The zero-order valence-electron chi connectivity index (χ0n) is 15.4. The number of carbonyl (C=O) groups excluding carboxylic acids is 2. The van der Waals surface area contributed by atoms with Gasteiger partial charge in [-0.15, -0.1) is 0 Å². The second kappa shape index (κ2) is 10.1. The van der Waals surface area contributed by atoms with Crippen molar-refractivity contribution in [3.63, 3.8) is 0 Å². The van der Waals surface area contributed by atoms with Crippen molar-refractivity contribution in [2.75, 3.05) is 13.2 Å². The fourth-order valence-electron chi connectivity index (χ4n) is 1.79. The molecule has 0 aromatic heterocycles. The molecule has 0 heterocycles. The molecule has 17 heteroatoms. The number of alkyl halides is 7. The summed E-state index contributed by atoms with van der Waals surface area (Å²) in [5, 5.41) is -6.00. The molecule has 1 atom stereocenters. The van der Waals surface area contributed by atoms with Crippen molar-refractivity contribution in [1.29, 1.82) is 0 Å². The highest BCUT2D eigenvalue weighted by Crippen LogP contribution is 2.42. The van der Waals surface area contributed by atoms with E-state index in [0.717, 1.165) is 6.92 Å². The van der Waals surface area contributed by atoms with Crippen LogP contribution in [0.4, 0.5) is 35.1 Å². The number of ether oxygens (including phenoxy) is 3. The van der Waals surface area contributed by atoms with Crippen LogP contribution in [0.25, 0.3) is 0 Å². The van der Waals surface area contributed by atoms with Gasteiger partial charge < -0.3 is 18.8 Å². The van der Waals surface area contributed by atoms with E-state index in [9.17, 15) is 57.7 Å². The minimum Gasteiger partial charge on any atom is -0.743 e. The Morgan fingerprint density at radius 3 is 1.94 bits per heavy atom. The molecule has 182 valence electrons. The molecule has 0 rings (SSSR count). The third kappa shape index (κ3) is 6.73. The highest BCUT2D eigenvalue weighted by Gasteiger charge is 2.68. The fraction of sp³-hybridized carbons (Fsp3) is 0.714. The summed E-state index contributed by atoms with van der Waals surface area (Å²) in [6, 6.07) is 0. The average molecular weight is 495 g/mol. The summed E-state index contributed by atoms with van der Waals surface area (Å²) < 4.78 is 148. The predicted molar refractivity (Wildman–Crippen MR) is 81.2 cm³/mol. The van der Waals surface area contributed by atoms with Crippen molar-refractivity contribution in [2.45, 2.75) is 49.3 Å². The van der Waals surface area contributed by atoms with E-state index in [0.29, 0.717) is 0 Å². The maximum Gasteiger partial charge on any atom is 0.468 e. The Morgan fingerprint density at radius 1 is 1.03 bits per heavy atom. The Morgan fingerprint density at radius 2 is 1.55 bits per heavy atom. The van der Waals surface area contributed by atoms with Crippen LogP contribution in [-0.4, -0.2) is 61.3 Å². The second-order valence-electron chi connectivity index (χ2n) is 5.61. The molecule has 1 unspecified atom stereocenters. The first-order valence-electron chi connectivity index (χ1n) is 7.93. The molecule has 31 heavy (non-hydrogen) atoms. The summed E-state index contributed by atoms with van der Waals surface area (Å²) in [5.74, 6) is -16.7. The highest BCUT2D eigenvalue weighted by molar-refractivity contribution is 7.86. The maximum atomic E-state index is 13.4. The molecular weight excluding hydrogens is 480 g/mol. The molecule has 0 bridgehead atoms. The van der Waals surface area contributed by atoms with Crippen molar-refractivity contribution in [2.24, 2.45) is 0 Å². The lowest BCUT2D eigenvalue weighted by Gasteiger charge is -2.32. The van der Waals surface area contributed by atoms with E-state index in [4.69, 9.17) is 0 Å². The molecule has 0 aliphatic carbocycles. The SMILES string of the molecule is C=C(F)C(=O)OC(OCCCCC(F)(F)C(F)(F)S(=O)(=O)[O-])(C(=O)OCC)C(F)(F)F. The first kappa shape index (κ1) is 29.0. The summed E-state index contributed by atoms with van der Waals surface area (Å²) in [5.41, 5.74) is 0. The molecule has 0 fully saturated rings. The Hall–Kier alpha value is -2.01. The molecule has 0 aliphatic rings. The van der Waals surface area contributed by atoms with E-state index < -0.39 is 83.5 Å². The van der Waals surface area contributed by atoms with Crippen molar-refractivity contribution >= 4 is 22.1 Å². The highest BCUT2D eigenvalue weighted by atomic mass is 32.2. The minimum atomic E-state index is -6.76. The lowest BCUT2D eigenvalue weighted by atomic mass is 10.1. The normalized spacial score (nSPS) is 15.2. The van der Waals surface area contributed by atoms with E-state index in [2.05, 4.69) is 20.8 Å². The third-order valence-corrected chi connectivity index (χ3v) is 4.23. The standard InChI is InChI=1S/C14H16F8O8S/c1-3-28-10(24)12(13(18,19)20,30-9(23)8(2)15)29-7-5-4-6-11(16,17)14(21,22)31(25,26)27/h2-7H2,1H3,(H,25,26,27)/p-1. The molecule has 0 spiro atoms. The fourth-order valence-corrected chi connectivity index (χ4v) is 2.26. The van der Waals surface area contributed by atoms with Crippen LogP contribution in [0.3, 0.4) is 0 Å². The largest absolute Gasteiger partial charge is 0.743 e. The van der Waals surface area contributed by atoms with E-state index in [-0.39, 0.29) is 0 Å². The monoisotopic (exact) mass is 495 g/mol. The van der Waals surface area contributed by atoms with Gasteiger partial charge in [0.1, 0.15) is 0 Å². The van der Waals surface area contributed by atoms with Crippen LogP contribution >= 0.6 is 0 Å². The lowest BCUT2D eigenvalue weighted by Crippen LogP contribution is -2.58. The van der Waals surface area contributed by atoms with Gasteiger partial charge in [0.2, 0.25) is 5.83 Å². The number of unbranched alkanes of at least 4 members (excludes halogenated alkanes) is 1. The zero-order chi connectivity index (χ0) is 24.9. The Balaban J connectivity index is 5.44. The topological polar surface area (TPSA) is 119 Å². The van der Waals surface area contributed by atoms with Gasteiger partial charge in [0.05, 0.1) is 13.2 Å². The second-order valence-corrected chi connectivity index (χ2v) is 7.03. The van der Waals surface area contributed by atoms with Crippen LogP contribution in [-0.2, 0) is 33.9 Å². The van der Waals surface area contributed by atoms with Crippen molar-refractivity contribution < 1.29 is 71.9 Å². The van der Waals surface area contributed by atoms with Gasteiger partial charge in [-0.3, -0.25) is 0 Å². The third-order valence-electron chi connectivity index (χ3n) is 3.31. The molecule has 0 N–H and O–H groups in total. The van der Waals surface area contributed by atoms with Crippen molar-refractivity contribution in [1.82, 2.24) is 0 Å². The van der Waals surface area contributed by atoms with Gasteiger partial charge in [-0.05, 0) is 19.8 Å². The molecule has 0 aromatic carbocycles. The number of halogens is 8. The van der Waals surface area contributed by atoms with Gasteiger partial charge in [-0.25, -0.2) is 18.0 Å². The number of hydrogen-bond donors (Lipinski definition) is 0. The van der Waals surface area contributed by atoms with Crippen LogP contribution in [0, 0.1) is 0 Å². The molecule has 0 radical (unpaired) electrons. The first-order valence-corrected chi connectivity index (χ1v) is 9.34. The summed E-state index contributed by atoms with van der Waals surface area (Å²) in [6.45, 7) is 1.34. The predicted octanol–water partition coefficient (Wildman–Crippen LogP) is 2.79. The van der Waals surface area contributed by atoms with Crippen molar-refractivity contribution in [3.05, 3.63) is 12.4 Å². The molecule has 0 aliphatic heterocycles. The Kier molecular flexibility index (Phi) is 9.42. The smallest absolute Gasteiger partial charge is 0.468 e. The molecule has 0 saturated carbocycles. The summed E-state index contributed by atoms with van der Waals surface area (Å²) in [4.78, 5) is 22.9. The summed E-state index contributed by atoms with van der Waals surface area (Å²) >= 11 is 0. The van der Waals surface area contributed by atoms with Crippen LogP contribution in [0.5, 0.6) is 0 Å². The number of esters is 2.